The average Bonchev–Trinajstić information content (AvgIpc) is 2.80. The van der Waals surface area contributed by atoms with Gasteiger partial charge in [0, 0.05) is 22.3 Å². The summed E-state index contributed by atoms with van der Waals surface area (Å²) < 4.78 is 0. The maximum atomic E-state index is 12.8. The van der Waals surface area contributed by atoms with E-state index in [9.17, 15) is 4.79 Å². The number of carbonyl (C=O) groups is 1. The lowest BCUT2D eigenvalue weighted by Gasteiger charge is -2.29. The van der Waals surface area contributed by atoms with Crippen molar-refractivity contribution in [3.05, 3.63) is 21.9 Å². The second-order valence-corrected chi connectivity index (χ2v) is 8.13. The summed E-state index contributed by atoms with van der Waals surface area (Å²) in [5.41, 5.74) is -0.222. The van der Waals surface area contributed by atoms with Crippen LogP contribution < -0.4 is 5.32 Å². The molecule has 21 heavy (non-hydrogen) atoms. The maximum absolute atomic E-state index is 12.8. The zero-order chi connectivity index (χ0) is 14.6. The molecule has 3 heterocycles. The molecular formula is C16H23N3OS. The summed E-state index contributed by atoms with van der Waals surface area (Å²) in [7, 11) is 2.18. The summed E-state index contributed by atoms with van der Waals surface area (Å²) in [6.07, 6.45) is 4.56. The molecule has 1 N–H and O–H groups in total. The Balaban J connectivity index is 1.59. The van der Waals surface area contributed by atoms with Crippen molar-refractivity contribution in [1.29, 1.82) is 0 Å². The molecule has 114 valence electrons. The number of nitrogens with zero attached hydrogens (tertiary/aromatic N) is 2. The Morgan fingerprint density at radius 1 is 1.43 bits per heavy atom. The molecule has 3 aliphatic rings. The third-order valence-corrected chi connectivity index (χ3v) is 6.31. The molecule has 1 aliphatic carbocycles. The zero-order valence-corrected chi connectivity index (χ0v) is 13.6. The van der Waals surface area contributed by atoms with Gasteiger partial charge in [-0.25, -0.2) is 0 Å². The van der Waals surface area contributed by atoms with E-state index >= 15 is 0 Å². The van der Waals surface area contributed by atoms with Gasteiger partial charge < -0.3 is 9.80 Å². The number of thiophene rings is 1. The van der Waals surface area contributed by atoms with Gasteiger partial charge in [-0.1, -0.05) is 0 Å². The van der Waals surface area contributed by atoms with Crippen LogP contribution in [0.15, 0.2) is 12.1 Å². The summed E-state index contributed by atoms with van der Waals surface area (Å²) >= 11 is 1.81. The number of hydrogen-bond acceptors (Lipinski definition) is 4. The quantitative estimate of drug-likeness (QED) is 0.929. The lowest BCUT2D eigenvalue weighted by molar-refractivity contribution is -0.131. The van der Waals surface area contributed by atoms with E-state index in [1.807, 2.05) is 11.3 Å². The fraction of sp³-hybridized carbons (Fsp3) is 0.688. The van der Waals surface area contributed by atoms with Gasteiger partial charge in [-0.2, -0.15) is 0 Å². The van der Waals surface area contributed by atoms with Crippen molar-refractivity contribution in [2.75, 3.05) is 20.1 Å². The normalized spacial score (nSPS) is 31.5. The molecule has 5 heteroatoms. The van der Waals surface area contributed by atoms with Crippen LogP contribution in [-0.2, 0) is 4.79 Å². The molecule has 1 spiro atoms. The van der Waals surface area contributed by atoms with Crippen LogP contribution in [0.3, 0.4) is 0 Å². The molecule has 3 fully saturated rings. The highest BCUT2D eigenvalue weighted by molar-refractivity contribution is 7.12. The van der Waals surface area contributed by atoms with Crippen molar-refractivity contribution in [1.82, 2.24) is 15.1 Å². The van der Waals surface area contributed by atoms with Crippen molar-refractivity contribution in [2.45, 2.75) is 50.4 Å². The largest absolute Gasteiger partial charge is 0.319 e. The highest BCUT2D eigenvalue weighted by Crippen LogP contribution is 2.47. The fourth-order valence-corrected chi connectivity index (χ4v) is 4.67. The van der Waals surface area contributed by atoms with Gasteiger partial charge in [0.15, 0.2) is 0 Å². The van der Waals surface area contributed by atoms with Crippen LogP contribution in [0, 0.1) is 6.92 Å². The van der Waals surface area contributed by atoms with Crippen LogP contribution in [-0.4, -0.2) is 47.4 Å². The van der Waals surface area contributed by atoms with Crippen LogP contribution in [0.25, 0.3) is 0 Å². The molecule has 2 unspecified atom stereocenters. The van der Waals surface area contributed by atoms with E-state index in [1.54, 1.807) is 0 Å². The lowest BCUT2D eigenvalue weighted by Crippen LogP contribution is -2.41. The molecule has 0 radical (unpaired) electrons. The first kappa shape index (κ1) is 13.7. The molecular weight excluding hydrogens is 282 g/mol. The molecule has 1 aromatic heterocycles. The van der Waals surface area contributed by atoms with E-state index in [4.69, 9.17) is 0 Å². The smallest absolute Gasteiger partial charge is 0.244 e. The number of likely N-dealkylation sites (tertiary alicyclic amines) is 1. The molecule has 2 aliphatic heterocycles. The summed E-state index contributed by atoms with van der Waals surface area (Å²) in [4.78, 5) is 19.9. The van der Waals surface area contributed by atoms with Crippen LogP contribution in [0.4, 0.5) is 0 Å². The fourth-order valence-electron chi connectivity index (χ4n) is 3.73. The van der Waals surface area contributed by atoms with Gasteiger partial charge in [-0.3, -0.25) is 10.1 Å². The summed E-state index contributed by atoms with van der Waals surface area (Å²) in [5.74, 6) is 0.332. The zero-order valence-electron chi connectivity index (χ0n) is 12.8. The Kier molecular flexibility index (Phi) is 3.14. The van der Waals surface area contributed by atoms with Gasteiger partial charge >= 0.3 is 0 Å². The first-order valence-corrected chi connectivity index (χ1v) is 8.76. The number of likely N-dealkylation sites (N-methyl/N-ethyl adjacent to an activating group) is 1. The highest BCUT2D eigenvalue weighted by atomic mass is 32.1. The monoisotopic (exact) mass is 305 g/mol. The molecule has 1 amide bonds. The highest BCUT2D eigenvalue weighted by Gasteiger charge is 2.59. The second-order valence-electron chi connectivity index (χ2n) is 6.81. The molecule has 2 saturated heterocycles. The van der Waals surface area contributed by atoms with Crippen molar-refractivity contribution in [3.63, 3.8) is 0 Å². The van der Waals surface area contributed by atoms with Gasteiger partial charge in [-0.15, -0.1) is 11.3 Å². The Morgan fingerprint density at radius 3 is 2.81 bits per heavy atom. The molecule has 2 atom stereocenters. The minimum absolute atomic E-state index is 0.0905. The van der Waals surface area contributed by atoms with E-state index < -0.39 is 0 Å². The Hall–Kier alpha value is -0.910. The number of rotatable bonds is 3. The minimum atomic E-state index is -0.222. The van der Waals surface area contributed by atoms with Crippen molar-refractivity contribution >= 4 is 17.2 Å². The van der Waals surface area contributed by atoms with Crippen molar-refractivity contribution in [3.8, 4) is 0 Å². The van der Waals surface area contributed by atoms with E-state index in [1.165, 1.54) is 22.6 Å². The average molecular weight is 305 g/mol. The summed E-state index contributed by atoms with van der Waals surface area (Å²) in [6, 6.07) is 4.86. The molecule has 4 nitrogen and oxygen atoms in total. The number of aryl methyl sites for hydroxylation is 1. The van der Waals surface area contributed by atoms with Crippen LogP contribution in [0.1, 0.15) is 41.6 Å². The van der Waals surface area contributed by atoms with E-state index in [0.29, 0.717) is 11.9 Å². The predicted octanol–water partition coefficient (Wildman–Crippen LogP) is 2.11. The molecule has 0 aromatic carbocycles. The Morgan fingerprint density at radius 2 is 2.24 bits per heavy atom. The van der Waals surface area contributed by atoms with E-state index in [0.717, 1.165) is 25.9 Å². The van der Waals surface area contributed by atoms with Crippen molar-refractivity contribution in [2.24, 2.45) is 0 Å². The van der Waals surface area contributed by atoms with Gasteiger partial charge in [-0.05, 0) is 58.3 Å². The van der Waals surface area contributed by atoms with Crippen LogP contribution in [0.5, 0.6) is 0 Å². The van der Waals surface area contributed by atoms with Gasteiger partial charge in [0.1, 0.15) is 11.7 Å². The summed E-state index contributed by atoms with van der Waals surface area (Å²) in [6.45, 7) is 4.16. The number of amides is 1. The van der Waals surface area contributed by atoms with E-state index in [2.05, 4.69) is 41.2 Å². The second kappa shape index (κ2) is 4.80. The van der Waals surface area contributed by atoms with Crippen molar-refractivity contribution < 1.29 is 4.79 Å². The van der Waals surface area contributed by atoms with Gasteiger partial charge in [0.05, 0.1) is 0 Å². The summed E-state index contributed by atoms with van der Waals surface area (Å²) in [5, 5.41) is 3.63. The minimum Gasteiger partial charge on any atom is -0.319 e. The first-order chi connectivity index (χ1) is 10.1. The maximum Gasteiger partial charge on any atom is 0.244 e. The van der Waals surface area contributed by atoms with Crippen LogP contribution >= 0.6 is 11.3 Å². The number of hydrogen-bond donors (Lipinski definition) is 1. The van der Waals surface area contributed by atoms with Crippen LogP contribution in [0.2, 0.25) is 0 Å². The number of nitrogens with one attached hydrogen (secondary N) is 1. The molecule has 1 aromatic rings. The van der Waals surface area contributed by atoms with Gasteiger partial charge in [0.25, 0.3) is 0 Å². The third-order valence-electron chi connectivity index (χ3n) is 5.25. The topological polar surface area (TPSA) is 35.6 Å². The number of carbonyl (C=O) groups excluding carboxylic acids is 1. The lowest BCUT2D eigenvalue weighted by atomic mass is 10.2. The molecule has 4 rings (SSSR count). The standard InChI is InChI=1S/C16H23N3OS/c1-11-5-6-13(21-11)14-17-16(7-8-16)15(20)19(14)10-12-4-3-9-18(12)2/h5-6,12,14,17H,3-4,7-10H2,1-2H3. The Bertz CT molecular complexity index is 566. The predicted molar refractivity (Wildman–Crippen MR) is 84.3 cm³/mol. The third kappa shape index (κ3) is 2.22. The van der Waals surface area contributed by atoms with Gasteiger partial charge in [0.2, 0.25) is 5.91 Å². The Labute approximate surface area is 130 Å². The van der Waals surface area contributed by atoms with E-state index in [-0.39, 0.29) is 11.7 Å². The molecule has 0 bridgehead atoms. The molecule has 1 saturated carbocycles. The first-order valence-electron chi connectivity index (χ1n) is 7.94. The SMILES string of the molecule is Cc1ccc(C2NC3(CC3)C(=O)N2CC2CCCN2C)s1.